The molecule has 0 aliphatic carbocycles. The Kier molecular flexibility index (Phi) is 17.1. The first-order valence-corrected chi connectivity index (χ1v) is 14.4. The van der Waals surface area contributed by atoms with Crippen LogP contribution in [0.2, 0.25) is 0 Å². The number of nitrogens with one attached hydrogen (secondary N) is 2. The number of aliphatic carboxylic acids is 1. The minimum Gasteiger partial charge on any atom is -0.480 e. The van der Waals surface area contributed by atoms with Crippen molar-refractivity contribution in [2.75, 3.05) is 72.2 Å². The van der Waals surface area contributed by atoms with Crippen molar-refractivity contribution in [3.63, 3.8) is 0 Å². The molecular weight excluding hydrogens is 514 g/mol. The first kappa shape index (κ1) is 38.2. The van der Waals surface area contributed by atoms with E-state index in [0.717, 1.165) is 0 Å². The van der Waals surface area contributed by atoms with Gasteiger partial charge in [-0.25, -0.2) is 0 Å². The van der Waals surface area contributed by atoms with Gasteiger partial charge in [0, 0.05) is 43.4 Å². The number of carboxylic acid groups (broad SMARTS) is 1. The summed E-state index contributed by atoms with van der Waals surface area (Å²) in [7, 11) is 0. The molecule has 0 unspecified atom stereocenters. The number of nitrogens with two attached hydrogens (primary N) is 2. The Morgan fingerprint density at radius 3 is 1.65 bits per heavy atom. The SMILES string of the molecule is CC(C)(CN)COCC(C)(C)CC(=O)NCCCN(CCCNC(=O)C(C)(C)COCC(C)(C)CN)CC(=O)O. The van der Waals surface area contributed by atoms with Crippen LogP contribution >= 0.6 is 0 Å². The maximum Gasteiger partial charge on any atom is 0.317 e. The van der Waals surface area contributed by atoms with Crippen molar-refractivity contribution in [3.8, 4) is 0 Å². The van der Waals surface area contributed by atoms with Crippen LogP contribution in [0.5, 0.6) is 0 Å². The monoisotopic (exact) mass is 573 g/mol. The molecular formula is C29H59N5O6. The fourth-order valence-electron chi connectivity index (χ4n) is 3.65. The van der Waals surface area contributed by atoms with Crippen LogP contribution in [0.4, 0.5) is 0 Å². The van der Waals surface area contributed by atoms with Crippen LogP contribution in [0.25, 0.3) is 0 Å². The Labute approximate surface area is 242 Å². The molecule has 0 fully saturated rings. The molecule has 0 saturated heterocycles. The van der Waals surface area contributed by atoms with Gasteiger partial charge in [0.05, 0.1) is 38.4 Å². The Morgan fingerprint density at radius 2 is 1.18 bits per heavy atom. The van der Waals surface area contributed by atoms with Crippen molar-refractivity contribution in [3.05, 3.63) is 0 Å². The highest BCUT2D eigenvalue weighted by atomic mass is 16.5. The maximum atomic E-state index is 12.6. The van der Waals surface area contributed by atoms with E-state index < -0.39 is 11.4 Å². The number of carboxylic acids is 1. The second-order valence-electron chi connectivity index (χ2n) is 13.9. The zero-order valence-electron chi connectivity index (χ0n) is 26.5. The maximum absolute atomic E-state index is 12.6. The van der Waals surface area contributed by atoms with E-state index in [1.165, 1.54) is 0 Å². The summed E-state index contributed by atoms with van der Waals surface area (Å²) in [5.74, 6) is -1.08. The number of nitrogens with zero attached hydrogens (tertiary/aromatic N) is 1. The molecule has 2 amide bonds. The van der Waals surface area contributed by atoms with Gasteiger partial charge in [-0.3, -0.25) is 19.3 Å². The van der Waals surface area contributed by atoms with Crippen molar-refractivity contribution in [2.45, 2.75) is 74.7 Å². The molecule has 0 rings (SSSR count). The molecule has 0 aromatic rings. The first-order chi connectivity index (χ1) is 18.3. The molecule has 0 aromatic heterocycles. The van der Waals surface area contributed by atoms with Gasteiger partial charge in [0.15, 0.2) is 0 Å². The third-order valence-corrected chi connectivity index (χ3v) is 6.57. The molecule has 11 heteroatoms. The first-order valence-electron chi connectivity index (χ1n) is 14.4. The minimum atomic E-state index is -0.911. The summed E-state index contributed by atoms with van der Waals surface area (Å²) in [6.45, 7) is 20.4. The number of ether oxygens (including phenoxy) is 2. The zero-order valence-corrected chi connectivity index (χ0v) is 26.5. The van der Waals surface area contributed by atoms with Crippen LogP contribution in [0, 0.1) is 21.7 Å². The molecule has 0 aliphatic rings. The highest BCUT2D eigenvalue weighted by Crippen LogP contribution is 2.23. The van der Waals surface area contributed by atoms with E-state index in [9.17, 15) is 19.5 Å². The van der Waals surface area contributed by atoms with Crippen LogP contribution in [0.1, 0.15) is 74.7 Å². The fraction of sp³-hybridized carbons (Fsp3) is 0.897. The molecule has 11 nitrogen and oxygen atoms in total. The van der Waals surface area contributed by atoms with Crippen LogP contribution in [-0.4, -0.2) is 100 Å². The van der Waals surface area contributed by atoms with E-state index in [-0.39, 0.29) is 41.2 Å². The standard InChI is InChI=1S/C29H59N5O6/c1-26(2,19-39-20-27(3,4)17-30)15-23(35)32-11-9-13-34(16-24(36)37)14-10-12-33-25(38)29(7,8)22-40-21-28(5,6)18-31/h9-22,30-31H2,1-8H3,(H,32,35)(H,33,38)(H,36,37). The van der Waals surface area contributed by atoms with Crippen LogP contribution in [0.15, 0.2) is 0 Å². The Morgan fingerprint density at radius 1 is 0.725 bits per heavy atom. The number of carbonyl (C=O) groups is 3. The van der Waals surface area contributed by atoms with E-state index in [2.05, 4.69) is 10.6 Å². The zero-order chi connectivity index (χ0) is 31.0. The second-order valence-corrected chi connectivity index (χ2v) is 13.9. The average molecular weight is 574 g/mol. The van der Waals surface area contributed by atoms with E-state index in [1.54, 1.807) is 0 Å². The number of amides is 2. The van der Waals surface area contributed by atoms with Gasteiger partial charge in [0.25, 0.3) is 0 Å². The van der Waals surface area contributed by atoms with Crippen LogP contribution < -0.4 is 22.1 Å². The van der Waals surface area contributed by atoms with Gasteiger partial charge in [-0.05, 0) is 45.2 Å². The largest absolute Gasteiger partial charge is 0.480 e. The van der Waals surface area contributed by atoms with E-state index in [0.29, 0.717) is 78.4 Å². The second kappa shape index (κ2) is 17.9. The molecule has 0 spiro atoms. The average Bonchev–Trinajstić information content (AvgIpc) is 2.82. The number of carbonyl (C=O) groups excluding carboxylic acids is 2. The van der Waals surface area contributed by atoms with Gasteiger partial charge < -0.3 is 36.7 Å². The van der Waals surface area contributed by atoms with E-state index in [4.69, 9.17) is 20.9 Å². The van der Waals surface area contributed by atoms with Crippen LogP contribution in [0.3, 0.4) is 0 Å². The number of hydrogen-bond acceptors (Lipinski definition) is 8. The third kappa shape index (κ3) is 18.5. The summed E-state index contributed by atoms with van der Waals surface area (Å²) in [6, 6.07) is 0. The third-order valence-electron chi connectivity index (χ3n) is 6.57. The Hall–Kier alpha value is -1.79. The normalized spacial score (nSPS) is 13.0. The van der Waals surface area contributed by atoms with E-state index in [1.807, 2.05) is 60.3 Å². The molecule has 236 valence electrons. The summed E-state index contributed by atoms with van der Waals surface area (Å²) < 4.78 is 11.5. The van der Waals surface area contributed by atoms with E-state index >= 15 is 0 Å². The van der Waals surface area contributed by atoms with Crippen molar-refractivity contribution in [1.29, 1.82) is 0 Å². The molecule has 0 saturated carbocycles. The smallest absolute Gasteiger partial charge is 0.317 e. The molecule has 0 aromatic carbocycles. The topological polar surface area (TPSA) is 169 Å². The lowest BCUT2D eigenvalue weighted by atomic mass is 9.89. The predicted octanol–water partition coefficient (Wildman–Crippen LogP) is 1.83. The summed E-state index contributed by atoms with van der Waals surface area (Å²) in [5, 5.41) is 15.1. The highest BCUT2D eigenvalue weighted by Gasteiger charge is 2.29. The number of hydrogen-bond donors (Lipinski definition) is 5. The van der Waals surface area contributed by atoms with Gasteiger partial charge in [-0.1, -0.05) is 41.5 Å². The minimum absolute atomic E-state index is 0.0580. The summed E-state index contributed by atoms with van der Waals surface area (Å²) in [5.41, 5.74) is 10.2. The lowest BCUT2D eigenvalue weighted by molar-refractivity contribution is -0.138. The summed E-state index contributed by atoms with van der Waals surface area (Å²) >= 11 is 0. The quantitative estimate of drug-likeness (QED) is 0.114. The van der Waals surface area contributed by atoms with Crippen molar-refractivity contribution < 1.29 is 29.0 Å². The lowest BCUT2D eigenvalue weighted by Gasteiger charge is -2.28. The highest BCUT2D eigenvalue weighted by molar-refractivity contribution is 5.81. The fourth-order valence-corrected chi connectivity index (χ4v) is 3.65. The Balaban J connectivity index is 4.40. The van der Waals surface area contributed by atoms with Gasteiger partial charge in [-0.15, -0.1) is 0 Å². The van der Waals surface area contributed by atoms with Crippen molar-refractivity contribution in [1.82, 2.24) is 15.5 Å². The lowest BCUT2D eigenvalue weighted by Crippen LogP contribution is -2.42. The molecule has 0 heterocycles. The number of rotatable bonds is 23. The molecule has 0 aliphatic heterocycles. The van der Waals surface area contributed by atoms with Crippen molar-refractivity contribution in [2.24, 2.45) is 33.1 Å². The molecule has 0 radical (unpaired) electrons. The molecule has 7 N–H and O–H groups in total. The van der Waals surface area contributed by atoms with Gasteiger partial charge >= 0.3 is 5.97 Å². The molecule has 40 heavy (non-hydrogen) atoms. The van der Waals surface area contributed by atoms with Gasteiger partial charge in [0.1, 0.15) is 0 Å². The molecule has 0 bridgehead atoms. The summed E-state index contributed by atoms with van der Waals surface area (Å²) in [6.07, 6.45) is 1.56. The molecule has 0 atom stereocenters. The van der Waals surface area contributed by atoms with Gasteiger partial charge in [-0.2, -0.15) is 0 Å². The van der Waals surface area contributed by atoms with Crippen molar-refractivity contribution >= 4 is 17.8 Å². The van der Waals surface area contributed by atoms with Gasteiger partial charge in [0.2, 0.25) is 11.8 Å². The predicted molar refractivity (Wildman–Crippen MR) is 159 cm³/mol. The van der Waals surface area contributed by atoms with Crippen LogP contribution in [-0.2, 0) is 23.9 Å². The summed E-state index contributed by atoms with van der Waals surface area (Å²) in [4.78, 5) is 38.2. The Bertz CT molecular complexity index is 770.